The number of unbranched alkanes of at least 4 members (excludes halogenated alkanes) is 1. The van der Waals surface area contributed by atoms with Gasteiger partial charge in [0.2, 0.25) is 5.91 Å². The highest BCUT2D eigenvalue weighted by molar-refractivity contribution is 7.87. The number of carbonyl (C=O) groups excluding carboxylic acids is 1. The van der Waals surface area contributed by atoms with E-state index in [9.17, 15) is 23.1 Å². The molecule has 1 aromatic rings. The third-order valence-corrected chi connectivity index (χ3v) is 7.69. The van der Waals surface area contributed by atoms with Crippen molar-refractivity contribution in [2.45, 2.75) is 69.5 Å². The summed E-state index contributed by atoms with van der Waals surface area (Å²) in [7, 11) is -4.24. The van der Waals surface area contributed by atoms with E-state index in [-0.39, 0.29) is 24.8 Å². The van der Waals surface area contributed by atoms with Crippen LogP contribution in [-0.4, -0.2) is 50.1 Å². The van der Waals surface area contributed by atoms with Crippen molar-refractivity contribution in [3.05, 3.63) is 35.9 Å². The maximum Gasteiger partial charge on any atom is 0.321 e. The highest BCUT2D eigenvalue weighted by atomic mass is 32.2. The van der Waals surface area contributed by atoms with Gasteiger partial charge in [-0.15, -0.1) is 0 Å². The molecule has 6 N–H and O–H groups in total. The van der Waals surface area contributed by atoms with E-state index < -0.39 is 28.3 Å². The van der Waals surface area contributed by atoms with Crippen LogP contribution in [0.2, 0.25) is 0 Å². The quantitative estimate of drug-likeness (QED) is 0.273. The minimum absolute atomic E-state index is 0.0695. The Morgan fingerprint density at radius 1 is 1.06 bits per heavy atom. The summed E-state index contributed by atoms with van der Waals surface area (Å²) in [5, 5.41) is 12.4. The molecule has 0 spiro atoms. The average Bonchev–Trinajstić information content (AvgIpc) is 3.36. The first-order valence-corrected chi connectivity index (χ1v) is 12.8. The smallest absolute Gasteiger partial charge is 0.321 e. The van der Waals surface area contributed by atoms with Crippen LogP contribution in [0.1, 0.15) is 50.5 Å². The molecule has 2 aliphatic carbocycles. The van der Waals surface area contributed by atoms with E-state index in [0.29, 0.717) is 31.2 Å². The Hall–Kier alpha value is -2.01. The van der Waals surface area contributed by atoms with Gasteiger partial charge in [-0.2, -0.15) is 17.9 Å². The zero-order chi connectivity index (χ0) is 23.1. The predicted octanol–water partition coefficient (Wildman–Crippen LogP) is 0.909. The normalized spacial score (nSPS) is 24.2. The van der Waals surface area contributed by atoms with E-state index in [2.05, 4.69) is 14.8 Å². The Balaban J connectivity index is 1.68. The molecular weight excluding hydrogens is 432 g/mol. The first kappa shape index (κ1) is 24.6. The van der Waals surface area contributed by atoms with Gasteiger partial charge >= 0.3 is 5.97 Å². The number of benzene rings is 1. The van der Waals surface area contributed by atoms with Crippen molar-refractivity contribution >= 4 is 22.1 Å². The minimum atomic E-state index is -4.24. The number of rotatable bonds is 13. The number of nitrogens with one attached hydrogen (secondary N) is 3. The summed E-state index contributed by atoms with van der Waals surface area (Å²) >= 11 is 0. The fourth-order valence-corrected chi connectivity index (χ4v) is 6.10. The summed E-state index contributed by atoms with van der Waals surface area (Å²) in [5.41, 5.74) is 6.24. The number of fused-ring (bicyclic) bond motifs is 2. The third-order valence-electron chi connectivity index (χ3n) is 6.50. The van der Waals surface area contributed by atoms with Crippen LogP contribution in [0, 0.1) is 11.8 Å². The molecule has 178 valence electrons. The summed E-state index contributed by atoms with van der Waals surface area (Å²) in [6.45, 7) is 0.402. The van der Waals surface area contributed by atoms with Crippen molar-refractivity contribution in [2.75, 3.05) is 6.54 Å². The number of hydrogen-bond donors (Lipinski definition) is 5. The summed E-state index contributed by atoms with van der Waals surface area (Å²) in [4.78, 5) is 24.6. The van der Waals surface area contributed by atoms with Crippen molar-refractivity contribution in [3.63, 3.8) is 0 Å². The number of carbonyl (C=O) groups is 2. The van der Waals surface area contributed by atoms with Crippen molar-refractivity contribution < 1.29 is 23.1 Å². The molecule has 2 bridgehead atoms. The van der Waals surface area contributed by atoms with Gasteiger partial charge in [0.05, 0.1) is 0 Å². The fourth-order valence-electron chi connectivity index (χ4n) is 4.88. The van der Waals surface area contributed by atoms with E-state index in [1.165, 1.54) is 6.42 Å². The van der Waals surface area contributed by atoms with Gasteiger partial charge in [-0.1, -0.05) is 43.2 Å². The lowest BCUT2D eigenvalue weighted by Gasteiger charge is -2.26. The highest BCUT2D eigenvalue weighted by Crippen LogP contribution is 2.44. The molecule has 1 amide bonds. The van der Waals surface area contributed by atoms with Crippen LogP contribution >= 0.6 is 0 Å². The number of carboxylic acid groups (broad SMARTS) is 1. The lowest BCUT2D eigenvalue weighted by Crippen LogP contribution is -2.55. The van der Waals surface area contributed by atoms with Gasteiger partial charge in [0, 0.05) is 6.04 Å². The predicted molar refractivity (Wildman–Crippen MR) is 121 cm³/mol. The van der Waals surface area contributed by atoms with Gasteiger partial charge in [-0.25, -0.2) is 0 Å². The molecule has 0 aromatic heterocycles. The summed E-state index contributed by atoms with van der Waals surface area (Å²) < 4.78 is 30.1. The number of aliphatic carboxylic acids is 1. The topological polar surface area (TPSA) is 151 Å². The number of amides is 1. The summed E-state index contributed by atoms with van der Waals surface area (Å²) in [5.74, 6) is -0.554. The fraction of sp³-hybridized carbons (Fsp3) is 0.636. The second-order valence-corrected chi connectivity index (χ2v) is 10.4. The minimum Gasteiger partial charge on any atom is -0.480 e. The van der Waals surface area contributed by atoms with E-state index in [4.69, 9.17) is 5.73 Å². The van der Waals surface area contributed by atoms with Gasteiger partial charge in [-0.05, 0) is 62.5 Å². The zero-order valence-corrected chi connectivity index (χ0v) is 19.0. The van der Waals surface area contributed by atoms with Gasteiger partial charge in [0.1, 0.15) is 12.1 Å². The molecule has 3 rings (SSSR count). The zero-order valence-electron chi connectivity index (χ0n) is 18.2. The van der Waals surface area contributed by atoms with Crippen LogP contribution in [0.25, 0.3) is 0 Å². The Morgan fingerprint density at radius 2 is 1.78 bits per heavy atom. The van der Waals surface area contributed by atoms with Gasteiger partial charge in [0.15, 0.2) is 0 Å². The van der Waals surface area contributed by atoms with E-state index in [1.807, 2.05) is 30.3 Å². The van der Waals surface area contributed by atoms with Crippen LogP contribution in [-0.2, 0) is 26.2 Å². The molecule has 0 radical (unpaired) electrons. The molecular formula is C22H34N4O5S. The molecule has 2 saturated carbocycles. The van der Waals surface area contributed by atoms with Crippen molar-refractivity contribution in [1.29, 1.82) is 0 Å². The molecule has 1 unspecified atom stereocenters. The molecule has 5 atom stereocenters. The first-order chi connectivity index (χ1) is 15.3. The Kier molecular flexibility index (Phi) is 8.64. The third kappa shape index (κ3) is 6.99. The largest absolute Gasteiger partial charge is 0.480 e. The molecule has 10 heteroatoms. The molecule has 0 saturated heterocycles. The van der Waals surface area contributed by atoms with E-state index in [1.54, 1.807) is 0 Å². The first-order valence-electron chi connectivity index (χ1n) is 11.3. The standard InChI is InChI=1S/C22H34N4O5S/c23-11-5-4-8-18(22(28)29)25-32(30,31)26-20(13-15-6-2-1-3-7-15)21(27)24-19-14-16-9-10-17(19)12-16/h1-3,6-7,16-20,25-26H,4-5,8-14,23H2,(H,24,27)(H,28,29)/t16-,17+,18+,19?,20+/m1/s1. The van der Waals surface area contributed by atoms with Gasteiger partial charge < -0.3 is 16.2 Å². The summed E-state index contributed by atoms with van der Waals surface area (Å²) in [6.07, 6.45) is 5.70. The van der Waals surface area contributed by atoms with Crippen LogP contribution in [0.5, 0.6) is 0 Å². The number of carboxylic acids is 1. The monoisotopic (exact) mass is 466 g/mol. The molecule has 0 heterocycles. The van der Waals surface area contributed by atoms with Crippen LogP contribution < -0.4 is 20.5 Å². The van der Waals surface area contributed by atoms with Gasteiger partial charge in [0.25, 0.3) is 10.2 Å². The van der Waals surface area contributed by atoms with Crippen LogP contribution in [0.4, 0.5) is 0 Å². The van der Waals surface area contributed by atoms with Crippen LogP contribution in [0.15, 0.2) is 30.3 Å². The van der Waals surface area contributed by atoms with Crippen LogP contribution in [0.3, 0.4) is 0 Å². The highest BCUT2D eigenvalue weighted by Gasteiger charge is 2.41. The summed E-state index contributed by atoms with van der Waals surface area (Å²) in [6, 6.07) is 6.88. The van der Waals surface area contributed by atoms with Crippen molar-refractivity contribution in [3.8, 4) is 0 Å². The molecule has 2 aliphatic rings. The lowest BCUT2D eigenvalue weighted by molar-refractivity contribution is -0.139. The molecule has 2 fully saturated rings. The van der Waals surface area contributed by atoms with E-state index in [0.717, 1.165) is 24.8 Å². The Bertz CT molecular complexity index is 880. The van der Waals surface area contributed by atoms with E-state index >= 15 is 0 Å². The molecule has 9 nitrogen and oxygen atoms in total. The Morgan fingerprint density at radius 3 is 2.38 bits per heavy atom. The lowest BCUT2D eigenvalue weighted by atomic mass is 9.95. The second-order valence-electron chi connectivity index (χ2n) is 8.95. The number of hydrogen-bond acceptors (Lipinski definition) is 5. The maximum atomic E-state index is 13.1. The average molecular weight is 467 g/mol. The molecule has 1 aromatic carbocycles. The second kappa shape index (κ2) is 11.2. The molecule has 0 aliphatic heterocycles. The van der Waals surface area contributed by atoms with Crippen molar-refractivity contribution in [1.82, 2.24) is 14.8 Å². The SMILES string of the molecule is NCCCC[C@H](NS(=O)(=O)N[C@@H](Cc1ccccc1)C(=O)NC1C[C@@H]2CC[C@H]1C2)C(=O)O. The Labute approximate surface area is 189 Å². The molecule has 32 heavy (non-hydrogen) atoms. The maximum absolute atomic E-state index is 13.1. The van der Waals surface area contributed by atoms with Crippen molar-refractivity contribution in [2.24, 2.45) is 17.6 Å². The number of nitrogens with two attached hydrogens (primary N) is 1. The van der Waals surface area contributed by atoms with Gasteiger partial charge in [-0.3, -0.25) is 9.59 Å².